The first kappa shape index (κ1) is 23.9. The number of aromatic amines is 1. The molecule has 1 aromatic heterocycles. The molecule has 0 atom stereocenters. The number of aliphatic imine (C=N–C) groups is 1. The third-order valence-corrected chi connectivity index (χ3v) is 5.75. The van der Waals surface area contributed by atoms with Crippen LogP contribution in [0.1, 0.15) is 48.8 Å². The number of halogens is 2. The van der Waals surface area contributed by atoms with Crippen LogP contribution in [0.25, 0.3) is 17.3 Å². The van der Waals surface area contributed by atoms with E-state index in [1.165, 1.54) is 13.2 Å². The Morgan fingerprint density at radius 1 is 1.26 bits per heavy atom. The fourth-order valence-electron chi connectivity index (χ4n) is 3.90. The van der Waals surface area contributed by atoms with Crippen LogP contribution < -0.4 is 14.8 Å². The summed E-state index contributed by atoms with van der Waals surface area (Å²) in [6.45, 7) is 0.149. The van der Waals surface area contributed by atoms with Crippen molar-refractivity contribution in [1.29, 1.82) is 0 Å². The van der Waals surface area contributed by atoms with E-state index >= 15 is 0 Å². The fourth-order valence-corrected chi connectivity index (χ4v) is 3.90. The van der Waals surface area contributed by atoms with Gasteiger partial charge in [-0.3, -0.25) is 9.79 Å². The molecule has 182 valence electrons. The lowest BCUT2D eigenvalue weighted by Gasteiger charge is -2.22. The lowest BCUT2D eigenvalue weighted by molar-refractivity contribution is -0.0502. The summed E-state index contributed by atoms with van der Waals surface area (Å²) in [6, 6.07) is 3.04. The molecule has 2 aliphatic rings. The van der Waals surface area contributed by atoms with Gasteiger partial charge in [0.15, 0.2) is 0 Å². The summed E-state index contributed by atoms with van der Waals surface area (Å²) in [6.07, 6.45) is 8.70. The van der Waals surface area contributed by atoms with Gasteiger partial charge in [0, 0.05) is 48.7 Å². The lowest BCUT2D eigenvalue weighted by atomic mass is 9.96. The summed E-state index contributed by atoms with van der Waals surface area (Å²) in [4.78, 5) is 24.8. The molecular weight excluding hydrogens is 446 g/mol. The van der Waals surface area contributed by atoms with E-state index in [2.05, 4.69) is 20.3 Å². The maximum atomic E-state index is 13.2. The van der Waals surface area contributed by atoms with E-state index in [0.717, 1.165) is 31.4 Å². The Hall–Kier alpha value is -3.27. The van der Waals surface area contributed by atoms with Gasteiger partial charge < -0.3 is 24.5 Å². The number of nitrogens with zero attached hydrogens (tertiary/aromatic N) is 2. The van der Waals surface area contributed by atoms with E-state index in [4.69, 9.17) is 14.2 Å². The van der Waals surface area contributed by atoms with Crippen molar-refractivity contribution in [2.75, 3.05) is 20.3 Å². The van der Waals surface area contributed by atoms with E-state index in [0.29, 0.717) is 30.3 Å². The van der Waals surface area contributed by atoms with Crippen molar-refractivity contribution in [2.24, 2.45) is 10.9 Å². The topological polar surface area (TPSA) is 97.8 Å². The third-order valence-electron chi connectivity index (χ3n) is 5.75. The average molecular weight is 475 g/mol. The molecule has 2 N–H and O–H groups in total. The van der Waals surface area contributed by atoms with Gasteiger partial charge in [-0.1, -0.05) is 0 Å². The van der Waals surface area contributed by atoms with Crippen molar-refractivity contribution in [3.63, 3.8) is 0 Å². The molecule has 1 amide bonds. The van der Waals surface area contributed by atoms with Gasteiger partial charge in [0.05, 0.1) is 19.0 Å². The zero-order valence-electron chi connectivity index (χ0n) is 19.1. The molecule has 1 aliphatic heterocycles. The second-order valence-electron chi connectivity index (χ2n) is 8.20. The largest absolute Gasteiger partial charge is 0.496 e. The maximum Gasteiger partial charge on any atom is 0.387 e. The molecular formula is C24H28F2N4O4. The molecule has 2 heterocycles. The molecule has 0 bridgehead atoms. The van der Waals surface area contributed by atoms with Gasteiger partial charge in [0.25, 0.3) is 5.91 Å². The standard InChI is InChI=1S/C24H28F2N4O4/c1-3-27-17(14-6-8-33-9-7-14)12-21-28-13-18(30-21)15-10-19(32-2)22(20(11-15)34-24(25)26)23(31)29-16-4-5-16/h3,10-14,16,24H,4-9H2,1-2H3,(H,28,30)(H,29,31)/b17-12-,27-3-. The highest BCUT2D eigenvalue weighted by molar-refractivity contribution is 6.01. The number of methoxy groups -OCH3 is 1. The Morgan fingerprint density at radius 3 is 2.65 bits per heavy atom. The van der Waals surface area contributed by atoms with Gasteiger partial charge in [0.2, 0.25) is 0 Å². The van der Waals surface area contributed by atoms with Gasteiger partial charge >= 0.3 is 6.61 Å². The van der Waals surface area contributed by atoms with Crippen LogP contribution in [0.5, 0.6) is 11.5 Å². The summed E-state index contributed by atoms with van der Waals surface area (Å²) >= 11 is 0. The number of amides is 1. The summed E-state index contributed by atoms with van der Waals surface area (Å²) < 4.78 is 41.8. The first-order chi connectivity index (χ1) is 16.5. The van der Waals surface area contributed by atoms with Crippen LogP contribution in [0.4, 0.5) is 8.78 Å². The molecule has 10 heteroatoms. The van der Waals surface area contributed by atoms with Crippen molar-refractivity contribution < 1.29 is 27.8 Å². The number of H-pyrrole nitrogens is 1. The number of carbonyl (C=O) groups excluding carboxylic acids is 1. The normalized spacial score (nSPS) is 17.4. The molecule has 1 aliphatic carbocycles. The lowest BCUT2D eigenvalue weighted by Crippen LogP contribution is -2.26. The summed E-state index contributed by atoms with van der Waals surface area (Å²) in [7, 11) is 1.38. The van der Waals surface area contributed by atoms with Crippen LogP contribution in [-0.4, -0.2) is 55.1 Å². The number of aromatic nitrogens is 2. The van der Waals surface area contributed by atoms with Crippen molar-refractivity contribution >= 4 is 18.2 Å². The molecule has 34 heavy (non-hydrogen) atoms. The fraction of sp³-hybridized carbons (Fsp3) is 0.458. The molecule has 1 saturated carbocycles. The molecule has 1 aromatic carbocycles. The van der Waals surface area contributed by atoms with Gasteiger partial charge in [-0.05, 0) is 44.7 Å². The second kappa shape index (κ2) is 10.8. The van der Waals surface area contributed by atoms with Crippen LogP contribution in [-0.2, 0) is 4.74 Å². The number of nitrogens with one attached hydrogen (secondary N) is 2. The van der Waals surface area contributed by atoms with Crippen LogP contribution in [0, 0.1) is 5.92 Å². The van der Waals surface area contributed by atoms with Gasteiger partial charge in [-0.15, -0.1) is 0 Å². The SMILES string of the molecule is C/C=N\C(=C/c1ncc(-c2cc(OC)c(C(=O)NC3CC3)c(OC(F)F)c2)[nH]1)C1CCOCC1. The summed E-state index contributed by atoms with van der Waals surface area (Å²) in [5.41, 5.74) is 1.90. The number of ether oxygens (including phenoxy) is 3. The Balaban J connectivity index is 1.66. The minimum Gasteiger partial charge on any atom is -0.496 e. The van der Waals surface area contributed by atoms with Crippen LogP contribution in [0.3, 0.4) is 0 Å². The van der Waals surface area contributed by atoms with Crippen molar-refractivity contribution in [3.8, 4) is 22.8 Å². The van der Waals surface area contributed by atoms with Crippen LogP contribution in [0.15, 0.2) is 29.0 Å². The molecule has 0 radical (unpaired) electrons. The molecule has 2 aromatic rings. The van der Waals surface area contributed by atoms with Crippen molar-refractivity contribution in [3.05, 3.63) is 35.4 Å². The predicted molar refractivity (Wildman–Crippen MR) is 123 cm³/mol. The first-order valence-electron chi connectivity index (χ1n) is 11.3. The Labute approximate surface area is 196 Å². The first-order valence-corrected chi connectivity index (χ1v) is 11.3. The average Bonchev–Trinajstić information content (AvgIpc) is 3.52. The van der Waals surface area contributed by atoms with E-state index in [1.807, 2.05) is 13.0 Å². The summed E-state index contributed by atoms with van der Waals surface area (Å²) in [5.74, 6) is 0.222. The smallest absolute Gasteiger partial charge is 0.387 e. The van der Waals surface area contributed by atoms with E-state index in [1.54, 1.807) is 18.5 Å². The maximum absolute atomic E-state index is 13.2. The highest BCUT2D eigenvalue weighted by Gasteiger charge is 2.29. The van der Waals surface area contributed by atoms with Crippen LogP contribution >= 0.6 is 0 Å². The van der Waals surface area contributed by atoms with E-state index in [9.17, 15) is 13.6 Å². The summed E-state index contributed by atoms with van der Waals surface area (Å²) in [5, 5.41) is 2.79. The predicted octanol–water partition coefficient (Wildman–Crippen LogP) is 4.44. The quantitative estimate of drug-likeness (QED) is 0.524. The number of carbonyl (C=O) groups is 1. The zero-order valence-corrected chi connectivity index (χ0v) is 19.1. The Kier molecular flexibility index (Phi) is 7.56. The molecule has 4 rings (SSSR count). The minimum atomic E-state index is -3.10. The number of hydrogen-bond acceptors (Lipinski definition) is 6. The minimum absolute atomic E-state index is 0.0499. The molecule has 0 spiro atoms. The Morgan fingerprint density at radius 2 is 2.00 bits per heavy atom. The molecule has 0 unspecified atom stereocenters. The second-order valence-corrected chi connectivity index (χ2v) is 8.20. The van der Waals surface area contributed by atoms with Crippen molar-refractivity contribution in [1.82, 2.24) is 15.3 Å². The highest BCUT2D eigenvalue weighted by Crippen LogP contribution is 2.36. The number of rotatable bonds is 9. The molecule has 2 fully saturated rings. The molecule has 1 saturated heterocycles. The van der Waals surface area contributed by atoms with Crippen LogP contribution in [0.2, 0.25) is 0 Å². The van der Waals surface area contributed by atoms with Crippen molar-refractivity contribution in [2.45, 2.75) is 45.3 Å². The van der Waals surface area contributed by atoms with E-state index < -0.39 is 12.5 Å². The van der Waals surface area contributed by atoms with Gasteiger partial charge in [0.1, 0.15) is 22.9 Å². The zero-order chi connectivity index (χ0) is 24.1. The number of benzene rings is 1. The Bertz CT molecular complexity index is 1070. The third kappa shape index (κ3) is 5.80. The monoisotopic (exact) mass is 474 g/mol. The number of allylic oxidation sites excluding steroid dienone is 1. The number of alkyl halides is 2. The molecule has 8 nitrogen and oxygen atoms in total. The number of imidazole rings is 1. The van der Waals surface area contributed by atoms with Gasteiger partial charge in [-0.2, -0.15) is 8.78 Å². The van der Waals surface area contributed by atoms with Gasteiger partial charge in [-0.25, -0.2) is 4.98 Å². The highest BCUT2D eigenvalue weighted by atomic mass is 19.3. The number of hydrogen-bond donors (Lipinski definition) is 2. The van der Waals surface area contributed by atoms with E-state index in [-0.39, 0.29) is 29.0 Å².